The van der Waals surface area contributed by atoms with Crippen LogP contribution < -0.4 is 0 Å². The van der Waals surface area contributed by atoms with Crippen LogP contribution in [0.25, 0.3) is 0 Å². The van der Waals surface area contributed by atoms with Crippen LogP contribution in [-0.2, 0) is 0 Å². The molecule has 0 bridgehead atoms. The second kappa shape index (κ2) is 4.97. The average Bonchev–Trinajstić information content (AvgIpc) is 1.97. The molecule has 0 aromatic heterocycles. The predicted molar refractivity (Wildman–Crippen MR) is 45.5 cm³/mol. The number of halogens is 3. The molecule has 0 fully saturated rings. The van der Waals surface area contributed by atoms with E-state index in [1.807, 2.05) is 13.8 Å². The van der Waals surface area contributed by atoms with Crippen LogP contribution in [0.5, 0.6) is 0 Å². The highest BCUT2D eigenvalue weighted by Crippen LogP contribution is 2.29. The highest BCUT2D eigenvalue weighted by molar-refractivity contribution is 6.22. The van der Waals surface area contributed by atoms with Crippen LogP contribution in [0.3, 0.4) is 0 Å². The van der Waals surface area contributed by atoms with Gasteiger partial charge in [0.05, 0.1) is 0 Å². The molecule has 0 heterocycles. The molecular formula is C8H15ClF2O. The maximum absolute atomic E-state index is 12.3. The van der Waals surface area contributed by atoms with Crippen molar-refractivity contribution in [1.82, 2.24) is 0 Å². The van der Waals surface area contributed by atoms with Gasteiger partial charge in [-0.25, -0.2) is 0 Å². The Labute approximate surface area is 76.7 Å². The van der Waals surface area contributed by atoms with Crippen molar-refractivity contribution in [2.45, 2.75) is 44.6 Å². The van der Waals surface area contributed by atoms with Crippen LogP contribution in [0, 0.1) is 5.92 Å². The fraction of sp³-hybridized carbons (Fsp3) is 1.00. The molecule has 12 heavy (non-hydrogen) atoms. The van der Waals surface area contributed by atoms with Gasteiger partial charge in [0.2, 0.25) is 0 Å². The summed E-state index contributed by atoms with van der Waals surface area (Å²) in [5.74, 6) is 0.129. The van der Waals surface area contributed by atoms with E-state index in [-0.39, 0.29) is 12.3 Å². The van der Waals surface area contributed by atoms with Crippen LogP contribution >= 0.6 is 11.6 Å². The van der Waals surface area contributed by atoms with Gasteiger partial charge in [-0.2, -0.15) is 8.78 Å². The van der Waals surface area contributed by atoms with Crippen LogP contribution in [0.4, 0.5) is 8.78 Å². The zero-order valence-corrected chi connectivity index (χ0v) is 8.11. The van der Waals surface area contributed by atoms with Crippen molar-refractivity contribution in [2.75, 3.05) is 0 Å². The summed E-state index contributed by atoms with van der Waals surface area (Å²) >= 11 is 4.66. The van der Waals surface area contributed by atoms with Crippen molar-refractivity contribution in [1.29, 1.82) is 0 Å². The van der Waals surface area contributed by atoms with Gasteiger partial charge < -0.3 is 5.11 Å². The second-order valence-electron chi connectivity index (χ2n) is 2.98. The Bertz CT molecular complexity index is 121. The van der Waals surface area contributed by atoms with Crippen molar-refractivity contribution in [3.8, 4) is 0 Å². The van der Waals surface area contributed by atoms with Gasteiger partial charge in [0.25, 0.3) is 0 Å². The Morgan fingerprint density at radius 3 is 2.00 bits per heavy atom. The van der Waals surface area contributed by atoms with Crippen molar-refractivity contribution in [2.24, 2.45) is 5.92 Å². The topological polar surface area (TPSA) is 20.2 Å². The molecule has 0 aromatic carbocycles. The molecule has 0 aliphatic carbocycles. The van der Waals surface area contributed by atoms with E-state index >= 15 is 0 Å². The molecule has 1 N–H and O–H groups in total. The lowest BCUT2D eigenvalue weighted by atomic mass is 9.96. The largest absolute Gasteiger partial charge is 0.385 e. The van der Waals surface area contributed by atoms with Gasteiger partial charge in [0.1, 0.15) is 6.10 Å². The normalized spacial score (nSPS) is 15.2. The van der Waals surface area contributed by atoms with Gasteiger partial charge in [-0.3, -0.25) is 0 Å². The van der Waals surface area contributed by atoms with Gasteiger partial charge in [-0.15, -0.1) is 0 Å². The summed E-state index contributed by atoms with van der Waals surface area (Å²) in [7, 11) is 0. The molecule has 0 aromatic rings. The molecule has 1 atom stereocenters. The zero-order chi connectivity index (χ0) is 9.78. The highest BCUT2D eigenvalue weighted by atomic mass is 35.5. The lowest BCUT2D eigenvalue weighted by Crippen LogP contribution is -2.29. The zero-order valence-electron chi connectivity index (χ0n) is 7.36. The van der Waals surface area contributed by atoms with Gasteiger partial charge in [0.15, 0.2) is 0 Å². The van der Waals surface area contributed by atoms with Gasteiger partial charge in [0, 0.05) is 0 Å². The standard InChI is InChI=1S/C8H15ClF2O/c1-3-6(4-2)5-7(12)8(9,10)11/h6-7,12H,3-5H2,1-2H3. The van der Waals surface area contributed by atoms with Crippen molar-refractivity contribution in [3.05, 3.63) is 0 Å². The van der Waals surface area contributed by atoms with Gasteiger partial charge >= 0.3 is 5.38 Å². The summed E-state index contributed by atoms with van der Waals surface area (Å²) in [4.78, 5) is 0. The molecule has 0 saturated heterocycles. The molecule has 0 aliphatic rings. The lowest BCUT2D eigenvalue weighted by molar-refractivity contribution is -0.0520. The minimum absolute atomic E-state index is 0.0729. The molecule has 0 aliphatic heterocycles. The number of rotatable bonds is 5. The fourth-order valence-electron chi connectivity index (χ4n) is 1.07. The second-order valence-corrected chi connectivity index (χ2v) is 3.48. The summed E-state index contributed by atoms with van der Waals surface area (Å²) < 4.78 is 24.5. The first-order chi connectivity index (χ1) is 5.41. The van der Waals surface area contributed by atoms with Crippen molar-refractivity contribution in [3.63, 3.8) is 0 Å². The molecule has 0 spiro atoms. The molecule has 1 nitrogen and oxygen atoms in total. The number of aliphatic hydroxyl groups is 1. The van der Waals surface area contributed by atoms with Gasteiger partial charge in [-0.05, 0) is 23.9 Å². The molecular weight excluding hydrogens is 186 g/mol. The van der Waals surface area contributed by atoms with E-state index in [2.05, 4.69) is 11.6 Å². The fourth-order valence-corrected chi connectivity index (χ4v) is 1.16. The molecule has 0 rings (SSSR count). The molecule has 74 valence electrons. The smallest absolute Gasteiger partial charge is 0.347 e. The van der Waals surface area contributed by atoms with E-state index in [1.54, 1.807) is 0 Å². The van der Waals surface area contributed by atoms with Crippen LogP contribution in [-0.4, -0.2) is 16.6 Å². The van der Waals surface area contributed by atoms with E-state index < -0.39 is 11.5 Å². The minimum atomic E-state index is -3.48. The van der Waals surface area contributed by atoms with Gasteiger partial charge in [-0.1, -0.05) is 26.7 Å². The van der Waals surface area contributed by atoms with Crippen molar-refractivity contribution < 1.29 is 13.9 Å². The SMILES string of the molecule is CCC(CC)CC(O)C(F)(F)Cl. The maximum Gasteiger partial charge on any atom is 0.347 e. The first kappa shape index (κ1) is 12.1. The Morgan fingerprint density at radius 2 is 1.75 bits per heavy atom. The van der Waals surface area contributed by atoms with Crippen molar-refractivity contribution >= 4 is 11.6 Å². The number of hydrogen-bond donors (Lipinski definition) is 1. The average molecular weight is 201 g/mol. The third-order valence-corrected chi connectivity index (χ3v) is 2.34. The maximum atomic E-state index is 12.3. The van der Waals surface area contributed by atoms with Crippen LogP contribution in [0.15, 0.2) is 0 Å². The number of alkyl halides is 3. The summed E-state index contributed by atoms with van der Waals surface area (Å²) in [5, 5.41) is 5.45. The molecule has 4 heteroatoms. The quantitative estimate of drug-likeness (QED) is 0.677. The Balaban J connectivity index is 3.90. The highest BCUT2D eigenvalue weighted by Gasteiger charge is 2.36. The van der Waals surface area contributed by atoms with E-state index in [4.69, 9.17) is 5.11 Å². The summed E-state index contributed by atoms with van der Waals surface area (Å²) in [5.41, 5.74) is 0. The molecule has 1 unspecified atom stereocenters. The third kappa shape index (κ3) is 4.21. The minimum Gasteiger partial charge on any atom is -0.385 e. The first-order valence-corrected chi connectivity index (χ1v) is 4.54. The Morgan fingerprint density at radius 1 is 1.33 bits per heavy atom. The number of aliphatic hydroxyl groups excluding tert-OH is 1. The Kier molecular flexibility index (Phi) is 5.02. The summed E-state index contributed by atoms with van der Waals surface area (Å²) in [6, 6.07) is 0. The summed E-state index contributed by atoms with van der Waals surface area (Å²) in [6.07, 6.45) is -0.0612. The third-order valence-electron chi connectivity index (χ3n) is 2.09. The lowest BCUT2D eigenvalue weighted by Gasteiger charge is -2.20. The Hall–Kier alpha value is 0.110. The van der Waals surface area contributed by atoms with E-state index in [0.717, 1.165) is 12.8 Å². The first-order valence-electron chi connectivity index (χ1n) is 4.16. The van der Waals surface area contributed by atoms with Crippen LogP contribution in [0.2, 0.25) is 0 Å². The summed E-state index contributed by atoms with van der Waals surface area (Å²) in [6.45, 7) is 3.82. The monoisotopic (exact) mass is 200 g/mol. The molecule has 0 saturated carbocycles. The van der Waals surface area contributed by atoms with E-state index in [9.17, 15) is 8.78 Å². The van der Waals surface area contributed by atoms with Crippen LogP contribution in [0.1, 0.15) is 33.1 Å². The molecule has 0 amide bonds. The van der Waals surface area contributed by atoms with E-state index in [1.165, 1.54) is 0 Å². The predicted octanol–water partition coefficient (Wildman–Crippen LogP) is 3.01. The number of hydrogen-bond acceptors (Lipinski definition) is 1. The molecule has 0 radical (unpaired) electrons. The van der Waals surface area contributed by atoms with E-state index in [0.29, 0.717) is 0 Å².